The van der Waals surface area contributed by atoms with Crippen LogP contribution < -0.4 is 10.1 Å². The van der Waals surface area contributed by atoms with Gasteiger partial charge < -0.3 is 10.1 Å². The van der Waals surface area contributed by atoms with Crippen molar-refractivity contribution < 1.29 is 9.66 Å². The van der Waals surface area contributed by atoms with Crippen LogP contribution in [0.15, 0.2) is 48.5 Å². The van der Waals surface area contributed by atoms with Gasteiger partial charge in [0.2, 0.25) is 0 Å². The molecule has 0 saturated carbocycles. The molecule has 0 unspecified atom stereocenters. The zero-order valence-corrected chi connectivity index (χ0v) is 12.1. The Bertz CT molecular complexity index is 628. The quantitative estimate of drug-likeness (QED) is 0.652. The minimum atomic E-state index is -0.380. The van der Waals surface area contributed by atoms with Gasteiger partial charge in [0.25, 0.3) is 5.69 Å². The van der Waals surface area contributed by atoms with Gasteiger partial charge in [-0.3, -0.25) is 10.1 Å². The van der Waals surface area contributed by atoms with Crippen molar-refractivity contribution in [3.05, 3.63) is 69.8 Å². The maximum absolute atomic E-state index is 10.8. The van der Waals surface area contributed by atoms with E-state index >= 15 is 0 Å². The predicted molar refractivity (Wildman–Crippen MR) is 81.3 cm³/mol. The van der Waals surface area contributed by atoms with E-state index in [9.17, 15) is 10.1 Å². The SMILES string of the molecule is COc1cccc([C@H](C)NCc2cccc([N+](=O)[O-])c2)c1. The minimum absolute atomic E-state index is 0.114. The van der Waals surface area contributed by atoms with E-state index in [1.54, 1.807) is 19.2 Å². The first-order valence-electron chi connectivity index (χ1n) is 6.71. The molecule has 0 heterocycles. The molecule has 0 aliphatic heterocycles. The third-order valence-electron chi connectivity index (χ3n) is 3.33. The highest BCUT2D eigenvalue weighted by molar-refractivity contribution is 5.34. The van der Waals surface area contributed by atoms with E-state index in [1.807, 2.05) is 37.3 Å². The van der Waals surface area contributed by atoms with Gasteiger partial charge in [-0.25, -0.2) is 0 Å². The van der Waals surface area contributed by atoms with Gasteiger partial charge in [-0.2, -0.15) is 0 Å². The Hall–Kier alpha value is -2.40. The number of nitrogens with zero attached hydrogens (tertiary/aromatic N) is 1. The molecule has 0 aliphatic rings. The summed E-state index contributed by atoms with van der Waals surface area (Å²) in [6.45, 7) is 2.62. The summed E-state index contributed by atoms with van der Waals surface area (Å²) < 4.78 is 5.21. The van der Waals surface area contributed by atoms with Crippen LogP contribution in [0, 0.1) is 10.1 Å². The third kappa shape index (κ3) is 4.03. The van der Waals surface area contributed by atoms with E-state index in [2.05, 4.69) is 5.32 Å². The van der Waals surface area contributed by atoms with Gasteiger partial charge in [0.15, 0.2) is 0 Å². The molecule has 0 aliphatic carbocycles. The fourth-order valence-corrected chi connectivity index (χ4v) is 2.08. The summed E-state index contributed by atoms with van der Waals surface area (Å²) in [5.41, 5.74) is 2.11. The lowest BCUT2D eigenvalue weighted by molar-refractivity contribution is -0.384. The smallest absolute Gasteiger partial charge is 0.269 e. The molecule has 0 saturated heterocycles. The van der Waals surface area contributed by atoms with Crippen molar-refractivity contribution in [3.8, 4) is 5.75 Å². The van der Waals surface area contributed by atoms with Crippen LogP contribution in [0.4, 0.5) is 5.69 Å². The van der Waals surface area contributed by atoms with Crippen molar-refractivity contribution in [2.75, 3.05) is 7.11 Å². The number of hydrogen-bond acceptors (Lipinski definition) is 4. The summed E-state index contributed by atoms with van der Waals surface area (Å²) in [5, 5.41) is 14.1. The highest BCUT2D eigenvalue weighted by atomic mass is 16.6. The zero-order valence-electron chi connectivity index (χ0n) is 12.1. The Kier molecular flexibility index (Phi) is 4.90. The maximum atomic E-state index is 10.8. The lowest BCUT2D eigenvalue weighted by atomic mass is 10.1. The molecule has 2 rings (SSSR count). The van der Waals surface area contributed by atoms with Crippen molar-refractivity contribution in [3.63, 3.8) is 0 Å². The van der Waals surface area contributed by atoms with Crippen LogP contribution in [0.3, 0.4) is 0 Å². The second-order valence-electron chi connectivity index (χ2n) is 4.81. The van der Waals surface area contributed by atoms with Crippen molar-refractivity contribution >= 4 is 5.69 Å². The van der Waals surface area contributed by atoms with Crippen LogP contribution in [0.1, 0.15) is 24.1 Å². The second kappa shape index (κ2) is 6.85. The summed E-state index contributed by atoms with van der Waals surface area (Å²) in [6.07, 6.45) is 0. The Morgan fingerprint density at radius 2 is 2.00 bits per heavy atom. The second-order valence-corrected chi connectivity index (χ2v) is 4.81. The van der Waals surface area contributed by atoms with Gasteiger partial charge in [-0.15, -0.1) is 0 Å². The van der Waals surface area contributed by atoms with Crippen molar-refractivity contribution in [1.29, 1.82) is 0 Å². The molecular formula is C16H18N2O3. The molecule has 0 spiro atoms. The topological polar surface area (TPSA) is 64.4 Å². The molecule has 0 bridgehead atoms. The lowest BCUT2D eigenvalue weighted by Crippen LogP contribution is -2.18. The van der Waals surface area contributed by atoms with Crippen molar-refractivity contribution in [2.45, 2.75) is 19.5 Å². The number of hydrogen-bond donors (Lipinski definition) is 1. The number of methoxy groups -OCH3 is 1. The molecule has 0 radical (unpaired) electrons. The minimum Gasteiger partial charge on any atom is -0.497 e. The monoisotopic (exact) mass is 286 g/mol. The number of nitro groups is 1. The van der Waals surface area contributed by atoms with Gasteiger partial charge in [0.1, 0.15) is 5.75 Å². The van der Waals surface area contributed by atoms with Crippen molar-refractivity contribution in [1.82, 2.24) is 5.32 Å². The maximum Gasteiger partial charge on any atom is 0.269 e. The van der Waals surface area contributed by atoms with Crippen LogP contribution in [0.25, 0.3) is 0 Å². The first-order chi connectivity index (χ1) is 10.1. The molecule has 5 heteroatoms. The summed E-state index contributed by atoms with van der Waals surface area (Å²) in [4.78, 5) is 10.4. The Balaban J connectivity index is 2.01. The van der Waals surface area contributed by atoms with Crippen LogP contribution in [0.5, 0.6) is 5.75 Å². The number of ether oxygens (including phenoxy) is 1. The van der Waals surface area contributed by atoms with Crippen LogP contribution in [-0.2, 0) is 6.54 Å². The fourth-order valence-electron chi connectivity index (χ4n) is 2.08. The van der Waals surface area contributed by atoms with Crippen LogP contribution >= 0.6 is 0 Å². The zero-order chi connectivity index (χ0) is 15.2. The van der Waals surface area contributed by atoms with E-state index in [1.165, 1.54) is 6.07 Å². The normalized spacial score (nSPS) is 11.9. The number of non-ortho nitro benzene ring substituents is 1. The largest absolute Gasteiger partial charge is 0.497 e. The molecule has 2 aromatic carbocycles. The molecule has 0 fully saturated rings. The number of nitro benzene ring substituents is 1. The van der Waals surface area contributed by atoms with Gasteiger partial charge in [0, 0.05) is 24.7 Å². The number of benzene rings is 2. The molecular weight excluding hydrogens is 268 g/mol. The standard InChI is InChI=1S/C16H18N2O3/c1-12(14-6-4-8-16(10-14)21-2)17-11-13-5-3-7-15(9-13)18(19)20/h3-10,12,17H,11H2,1-2H3/t12-/m0/s1. The van der Waals surface area contributed by atoms with Crippen LogP contribution in [-0.4, -0.2) is 12.0 Å². The van der Waals surface area contributed by atoms with Crippen molar-refractivity contribution in [2.24, 2.45) is 0 Å². The van der Waals surface area contributed by atoms with Gasteiger partial charge >= 0.3 is 0 Å². The van der Waals surface area contributed by atoms with Gasteiger partial charge in [-0.1, -0.05) is 24.3 Å². The fraction of sp³-hybridized carbons (Fsp3) is 0.250. The van der Waals surface area contributed by atoms with Gasteiger partial charge in [-0.05, 0) is 30.2 Å². The molecule has 0 aromatic heterocycles. The van der Waals surface area contributed by atoms with E-state index in [-0.39, 0.29) is 16.7 Å². The summed E-state index contributed by atoms with van der Waals surface area (Å²) in [7, 11) is 1.64. The first-order valence-corrected chi connectivity index (χ1v) is 6.71. The van der Waals surface area contributed by atoms with Gasteiger partial charge in [0.05, 0.1) is 12.0 Å². The molecule has 0 amide bonds. The first kappa shape index (κ1) is 15.0. The average molecular weight is 286 g/mol. The molecule has 1 atom stereocenters. The molecule has 5 nitrogen and oxygen atoms in total. The third-order valence-corrected chi connectivity index (χ3v) is 3.33. The molecule has 110 valence electrons. The molecule has 1 N–H and O–H groups in total. The van der Waals surface area contributed by atoms with E-state index < -0.39 is 0 Å². The highest BCUT2D eigenvalue weighted by Gasteiger charge is 2.08. The number of rotatable bonds is 6. The Morgan fingerprint density at radius 1 is 1.24 bits per heavy atom. The van der Waals surface area contributed by atoms with E-state index in [0.717, 1.165) is 16.9 Å². The highest BCUT2D eigenvalue weighted by Crippen LogP contribution is 2.19. The Labute approximate surface area is 123 Å². The van der Waals surface area contributed by atoms with E-state index in [0.29, 0.717) is 6.54 Å². The summed E-state index contributed by atoms with van der Waals surface area (Å²) in [5.74, 6) is 0.816. The molecule has 2 aromatic rings. The lowest BCUT2D eigenvalue weighted by Gasteiger charge is -2.15. The van der Waals surface area contributed by atoms with E-state index in [4.69, 9.17) is 4.74 Å². The average Bonchev–Trinajstić information content (AvgIpc) is 2.53. The number of nitrogens with one attached hydrogen (secondary N) is 1. The Morgan fingerprint density at radius 3 is 2.71 bits per heavy atom. The summed E-state index contributed by atoms with van der Waals surface area (Å²) >= 11 is 0. The molecule has 21 heavy (non-hydrogen) atoms. The van der Waals surface area contributed by atoms with Crippen LogP contribution in [0.2, 0.25) is 0 Å². The summed E-state index contributed by atoms with van der Waals surface area (Å²) in [6, 6.07) is 14.6. The predicted octanol–water partition coefficient (Wildman–Crippen LogP) is 3.45.